The Hall–Kier alpha value is -2.97. The van der Waals surface area contributed by atoms with E-state index in [1.54, 1.807) is 19.1 Å². The Morgan fingerprint density at radius 1 is 1.22 bits per heavy atom. The molecule has 1 heterocycles. The predicted molar refractivity (Wildman–Crippen MR) is 84.9 cm³/mol. The van der Waals surface area contributed by atoms with Crippen molar-refractivity contribution in [3.63, 3.8) is 0 Å². The first kappa shape index (κ1) is 14.9. The first-order valence-corrected chi connectivity index (χ1v) is 6.96. The Morgan fingerprint density at radius 2 is 1.87 bits per heavy atom. The van der Waals surface area contributed by atoms with Crippen molar-refractivity contribution in [3.05, 3.63) is 50.7 Å². The second kappa shape index (κ2) is 5.34. The van der Waals surface area contributed by atoms with Gasteiger partial charge in [0.2, 0.25) is 0 Å². The van der Waals surface area contributed by atoms with E-state index in [9.17, 15) is 20.1 Å². The SMILES string of the molecule is C#CC1C(O)=c2c(oc(-c3ccc(O)cc3)c(C)c2=O)=CC1O. The Balaban J connectivity index is 2.37. The highest BCUT2D eigenvalue weighted by atomic mass is 16.3. The molecule has 0 bridgehead atoms. The lowest BCUT2D eigenvalue weighted by atomic mass is 9.94. The van der Waals surface area contributed by atoms with E-state index in [2.05, 4.69) is 5.92 Å². The van der Waals surface area contributed by atoms with Crippen LogP contribution in [0.4, 0.5) is 0 Å². The van der Waals surface area contributed by atoms with Crippen LogP contribution in [0.2, 0.25) is 0 Å². The van der Waals surface area contributed by atoms with E-state index in [4.69, 9.17) is 10.8 Å². The molecule has 1 aliphatic rings. The summed E-state index contributed by atoms with van der Waals surface area (Å²) >= 11 is 0. The molecule has 2 aromatic rings. The topological polar surface area (TPSA) is 90.9 Å². The number of hydrogen-bond donors (Lipinski definition) is 3. The summed E-state index contributed by atoms with van der Waals surface area (Å²) in [5.74, 6) is 1.35. The van der Waals surface area contributed by atoms with Gasteiger partial charge in [0.25, 0.3) is 0 Å². The third kappa shape index (κ3) is 2.30. The van der Waals surface area contributed by atoms with Crippen LogP contribution in [0.25, 0.3) is 23.2 Å². The van der Waals surface area contributed by atoms with Gasteiger partial charge in [-0.25, -0.2) is 0 Å². The number of terminal acetylenes is 1. The van der Waals surface area contributed by atoms with Crippen molar-refractivity contribution < 1.29 is 19.7 Å². The molecule has 0 saturated carbocycles. The molecule has 23 heavy (non-hydrogen) atoms. The number of phenolic OH excluding ortho intramolecular Hbond substituents is 1. The summed E-state index contributed by atoms with van der Waals surface area (Å²) in [6.07, 6.45) is 5.49. The number of hydrogen-bond acceptors (Lipinski definition) is 5. The van der Waals surface area contributed by atoms with Gasteiger partial charge in [-0.05, 0) is 37.3 Å². The van der Waals surface area contributed by atoms with Crippen LogP contribution in [0.1, 0.15) is 5.56 Å². The maximum absolute atomic E-state index is 12.6. The average molecular weight is 310 g/mol. The highest BCUT2D eigenvalue weighted by Gasteiger charge is 2.27. The van der Waals surface area contributed by atoms with Crippen LogP contribution < -0.4 is 16.1 Å². The summed E-state index contributed by atoms with van der Waals surface area (Å²) in [5.41, 5.74) is 0.582. The molecule has 0 aliphatic heterocycles. The van der Waals surface area contributed by atoms with Crippen molar-refractivity contribution >= 4 is 11.8 Å². The summed E-state index contributed by atoms with van der Waals surface area (Å²) in [6, 6.07) is 6.18. The summed E-state index contributed by atoms with van der Waals surface area (Å²) in [7, 11) is 0. The Bertz CT molecular complexity index is 990. The first-order valence-electron chi connectivity index (χ1n) is 6.96. The number of aliphatic hydroxyl groups is 2. The van der Waals surface area contributed by atoms with Crippen LogP contribution in [0.3, 0.4) is 0 Å². The summed E-state index contributed by atoms with van der Waals surface area (Å²) in [4.78, 5) is 12.6. The minimum Gasteiger partial charge on any atom is -0.510 e. The molecule has 5 nitrogen and oxygen atoms in total. The van der Waals surface area contributed by atoms with E-state index in [-0.39, 0.29) is 22.1 Å². The molecule has 0 fully saturated rings. The maximum atomic E-state index is 12.6. The van der Waals surface area contributed by atoms with Crippen molar-refractivity contribution in [3.8, 4) is 29.4 Å². The lowest BCUT2D eigenvalue weighted by Gasteiger charge is -2.18. The van der Waals surface area contributed by atoms with Gasteiger partial charge in [-0.2, -0.15) is 0 Å². The highest BCUT2D eigenvalue weighted by molar-refractivity contribution is 5.63. The van der Waals surface area contributed by atoms with Gasteiger partial charge in [-0.15, -0.1) is 6.42 Å². The minimum absolute atomic E-state index is 0.0155. The average Bonchev–Trinajstić information content (AvgIpc) is 2.52. The maximum Gasteiger partial charge on any atom is 0.199 e. The van der Waals surface area contributed by atoms with Crippen molar-refractivity contribution in [2.24, 2.45) is 5.92 Å². The normalized spacial score (nSPS) is 19.6. The molecule has 0 spiro atoms. The minimum atomic E-state index is -1.13. The number of aromatic hydroxyl groups is 1. The third-order valence-corrected chi connectivity index (χ3v) is 3.89. The zero-order valence-corrected chi connectivity index (χ0v) is 12.3. The van der Waals surface area contributed by atoms with Crippen LogP contribution in [0, 0.1) is 25.2 Å². The third-order valence-electron chi connectivity index (χ3n) is 3.89. The lowest BCUT2D eigenvalue weighted by Crippen LogP contribution is -2.48. The van der Waals surface area contributed by atoms with Crippen LogP contribution >= 0.6 is 0 Å². The largest absolute Gasteiger partial charge is 0.510 e. The second-order valence-corrected chi connectivity index (χ2v) is 5.36. The number of rotatable bonds is 1. The Labute approximate surface area is 131 Å². The van der Waals surface area contributed by atoms with Gasteiger partial charge in [0.15, 0.2) is 5.43 Å². The smallest absolute Gasteiger partial charge is 0.199 e. The zero-order chi connectivity index (χ0) is 16.7. The number of aliphatic hydroxyl groups excluding tert-OH is 2. The number of benzene rings is 1. The fraction of sp³-hybridized carbons (Fsp3) is 0.167. The van der Waals surface area contributed by atoms with Gasteiger partial charge in [-0.3, -0.25) is 4.79 Å². The fourth-order valence-electron chi connectivity index (χ4n) is 2.63. The van der Waals surface area contributed by atoms with Crippen LogP contribution in [0.5, 0.6) is 5.75 Å². The first-order chi connectivity index (χ1) is 10.9. The van der Waals surface area contributed by atoms with Crippen LogP contribution in [-0.4, -0.2) is 21.4 Å². The molecular formula is C18H14O5. The lowest BCUT2D eigenvalue weighted by molar-refractivity contribution is 0.199. The van der Waals surface area contributed by atoms with Crippen molar-refractivity contribution in [2.75, 3.05) is 0 Å². The molecule has 2 unspecified atom stereocenters. The molecule has 0 amide bonds. The van der Waals surface area contributed by atoms with E-state index < -0.39 is 17.5 Å². The van der Waals surface area contributed by atoms with Gasteiger partial charge in [0, 0.05) is 11.1 Å². The molecule has 116 valence electrons. The van der Waals surface area contributed by atoms with Crippen molar-refractivity contribution in [1.82, 2.24) is 0 Å². The quantitative estimate of drug-likeness (QED) is 0.663. The predicted octanol–water partition coefficient (Wildman–Crippen LogP) is 0.391. The van der Waals surface area contributed by atoms with Gasteiger partial charge in [-0.1, -0.05) is 5.92 Å². The zero-order valence-electron chi connectivity index (χ0n) is 12.3. The summed E-state index contributed by atoms with van der Waals surface area (Å²) in [5, 5.41) is 29.5. The molecule has 0 saturated heterocycles. The Kier molecular flexibility index (Phi) is 3.47. The highest BCUT2D eigenvalue weighted by Crippen LogP contribution is 2.23. The molecule has 3 rings (SSSR count). The van der Waals surface area contributed by atoms with Crippen LogP contribution in [-0.2, 0) is 0 Å². The Morgan fingerprint density at radius 3 is 2.48 bits per heavy atom. The van der Waals surface area contributed by atoms with Gasteiger partial charge >= 0.3 is 0 Å². The molecule has 1 aromatic heterocycles. The standard InChI is InChI=1S/C18H14O5/c1-3-12-13(20)8-14-15(17(12)22)16(21)9(2)18(23-14)10-4-6-11(19)7-5-10/h1,4-8,12-13,19-20,22H,2H3. The summed E-state index contributed by atoms with van der Waals surface area (Å²) in [6.45, 7) is 1.58. The molecule has 5 heteroatoms. The summed E-state index contributed by atoms with van der Waals surface area (Å²) < 4.78 is 5.72. The fourth-order valence-corrected chi connectivity index (χ4v) is 2.63. The van der Waals surface area contributed by atoms with Gasteiger partial charge in [0.05, 0.1) is 6.10 Å². The second-order valence-electron chi connectivity index (χ2n) is 5.36. The van der Waals surface area contributed by atoms with Gasteiger partial charge in [0.1, 0.15) is 33.8 Å². The van der Waals surface area contributed by atoms with E-state index in [0.29, 0.717) is 16.9 Å². The monoisotopic (exact) mass is 310 g/mol. The van der Waals surface area contributed by atoms with E-state index in [1.807, 2.05) is 0 Å². The number of phenols is 1. The molecule has 1 aliphatic carbocycles. The molecule has 0 radical (unpaired) electrons. The molecular weight excluding hydrogens is 296 g/mol. The van der Waals surface area contributed by atoms with Crippen LogP contribution in [0.15, 0.2) is 33.5 Å². The number of fused-ring (bicyclic) bond motifs is 1. The van der Waals surface area contributed by atoms with E-state index in [0.717, 1.165) is 0 Å². The molecule has 1 aromatic carbocycles. The van der Waals surface area contributed by atoms with E-state index >= 15 is 0 Å². The van der Waals surface area contributed by atoms with Crippen molar-refractivity contribution in [2.45, 2.75) is 13.0 Å². The molecule has 2 atom stereocenters. The van der Waals surface area contributed by atoms with Gasteiger partial charge < -0.3 is 19.7 Å². The van der Waals surface area contributed by atoms with Crippen molar-refractivity contribution in [1.29, 1.82) is 0 Å². The molecule has 3 N–H and O–H groups in total. The van der Waals surface area contributed by atoms with E-state index in [1.165, 1.54) is 18.2 Å².